The van der Waals surface area contributed by atoms with Gasteiger partial charge in [-0.05, 0) is 5.92 Å². The molecule has 0 radical (unpaired) electrons. The van der Waals surface area contributed by atoms with Crippen LogP contribution >= 0.6 is 0 Å². The third-order valence-corrected chi connectivity index (χ3v) is 4.06. The Bertz CT molecular complexity index is 288. The van der Waals surface area contributed by atoms with E-state index < -0.39 is 10.2 Å². The Morgan fingerprint density at radius 3 is 2.62 bits per heavy atom. The molecular formula is C9H21N3O3S. The van der Waals surface area contributed by atoms with E-state index in [2.05, 4.69) is 10.0 Å². The summed E-state index contributed by atoms with van der Waals surface area (Å²) >= 11 is 0. The molecule has 0 bridgehead atoms. The molecule has 16 heavy (non-hydrogen) atoms. The van der Waals surface area contributed by atoms with Gasteiger partial charge in [0.05, 0.1) is 0 Å². The van der Waals surface area contributed by atoms with Crippen molar-refractivity contribution in [1.29, 1.82) is 0 Å². The SMILES string of the molecule is COCC(C)CNS(=O)(=O)N1CCNCC1. The highest BCUT2D eigenvalue weighted by atomic mass is 32.2. The largest absolute Gasteiger partial charge is 0.384 e. The van der Waals surface area contributed by atoms with Gasteiger partial charge in [-0.1, -0.05) is 6.92 Å². The van der Waals surface area contributed by atoms with Crippen LogP contribution < -0.4 is 10.0 Å². The Morgan fingerprint density at radius 1 is 1.44 bits per heavy atom. The number of methoxy groups -OCH3 is 1. The summed E-state index contributed by atoms with van der Waals surface area (Å²) in [6, 6.07) is 0. The summed E-state index contributed by atoms with van der Waals surface area (Å²) in [6.45, 7) is 5.43. The molecule has 1 aliphatic heterocycles. The van der Waals surface area contributed by atoms with E-state index in [-0.39, 0.29) is 5.92 Å². The molecular weight excluding hydrogens is 230 g/mol. The van der Waals surface area contributed by atoms with E-state index in [9.17, 15) is 8.42 Å². The molecule has 0 aromatic rings. The summed E-state index contributed by atoms with van der Waals surface area (Å²) in [7, 11) is -1.70. The van der Waals surface area contributed by atoms with Crippen molar-refractivity contribution >= 4 is 10.2 Å². The van der Waals surface area contributed by atoms with Crippen LogP contribution in [0.2, 0.25) is 0 Å². The summed E-state index contributed by atoms with van der Waals surface area (Å²) in [6.07, 6.45) is 0. The van der Waals surface area contributed by atoms with Gasteiger partial charge in [0.2, 0.25) is 0 Å². The van der Waals surface area contributed by atoms with E-state index in [1.54, 1.807) is 7.11 Å². The summed E-state index contributed by atoms with van der Waals surface area (Å²) in [4.78, 5) is 0. The van der Waals surface area contributed by atoms with E-state index >= 15 is 0 Å². The second-order valence-electron chi connectivity index (χ2n) is 4.06. The maximum absolute atomic E-state index is 11.8. The lowest BCUT2D eigenvalue weighted by Gasteiger charge is -2.27. The summed E-state index contributed by atoms with van der Waals surface area (Å²) < 4.78 is 32.7. The number of hydrogen-bond donors (Lipinski definition) is 2. The summed E-state index contributed by atoms with van der Waals surface area (Å²) in [5, 5.41) is 3.12. The lowest BCUT2D eigenvalue weighted by atomic mass is 10.2. The summed E-state index contributed by atoms with van der Waals surface area (Å²) in [5.74, 6) is 0.183. The summed E-state index contributed by atoms with van der Waals surface area (Å²) in [5.41, 5.74) is 0. The molecule has 2 N–H and O–H groups in total. The molecule has 1 rings (SSSR count). The van der Waals surface area contributed by atoms with Gasteiger partial charge in [-0.3, -0.25) is 0 Å². The van der Waals surface area contributed by atoms with E-state index in [1.165, 1.54) is 4.31 Å². The Labute approximate surface area is 97.5 Å². The normalized spacial score (nSPS) is 20.9. The highest BCUT2D eigenvalue weighted by Gasteiger charge is 2.23. The molecule has 1 atom stereocenters. The van der Waals surface area contributed by atoms with E-state index in [1.807, 2.05) is 6.92 Å². The van der Waals surface area contributed by atoms with Gasteiger partial charge in [0.25, 0.3) is 10.2 Å². The van der Waals surface area contributed by atoms with E-state index in [0.717, 1.165) is 0 Å². The minimum Gasteiger partial charge on any atom is -0.384 e. The first-order valence-corrected chi connectivity index (χ1v) is 6.94. The predicted octanol–water partition coefficient (Wildman–Crippen LogP) is -0.991. The fourth-order valence-electron chi connectivity index (χ4n) is 1.57. The minimum atomic E-state index is -3.31. The van der Waals surface area contributed by atoms with Gasteiger partial charge in [-0.15, -0.1) is 0 Å². The number of piperazine rings is 1. The first-order valence-electron chi connectivity index (χ1n) is 5.50. The van der Waals surface area contributed by atoms with Gasteiger partial charge in [0, 0.05) is 46.4 Å². The molecule has 96 valence electrons. The average Bonchev–Trinajstić information content (AvgIpc) is 2.28. The zero-order valence-corrected chi connectivity index (χ0v) is 10.7. The molecule has 1 heterocycles. The molecule has 7 heteroatoms. The zero-order valence-electron chi connectivity index (χ0n) is 9.90. The lowest BCUT2D eigenvalue weighted by Crippen LogP contribution is -2.51. The number of rotatable bonds is 6. The van der Waals surface area contributed by atoms with Gasteiger partial charge < -0.3 is 10.1 Å². The molecule has 1 fully saturated rings. The van der Waals surface area contributed by atoms with Gasteiger partial charge in [-0.2, -0.15) is 12.7 Å². The van der Waals surface area contributed by atoms with Gasteiger partial charge in [0.15, 0.2) is 0 Å². The molecule has 1 aliphatic rings. The third-order valence-electron chi connectivity index (χ3n) is 2.48. The van der Waals surface area contributed by atoms with Crippen LogP contribution in [0.1, 0.15) is 6.92 Å². The van der Waals surface area contributed by atoms with E-state index in [0.29, 0.717) is 39.3 Å². The Hall–Kier alpha value is -0.210. The average molecular weight is 251 g/mol. The maximum Gasteiger partial charge on any atom is 0.279 e. The topological polar surface area (TPSA) is 70.7 Å². The zero-order chi connectivity index (χ0) is 12.0. The van der Waals surface area contributed by atoms with Crippen LogP contribution in [0.4, 0.5) is 0 Å². The second kappa shape index (κ2) is 6.51. The van der Waals surface area contributed by atoms with Crippen molar-refractivity contribution in [3.05, 3.63) is 0 Å². The van der Waals surface area contributed by atoms with Crippen molar-refractivity contribution in [2.45, 2.75) is 6.92 Å². The molecule has 0 aromatic heterocycles. The predicted molar refractivity (Wildman–Crippen MR) is 62.4 cm³/mol. The third kappa shape index (κ3) is 4.34. The van der Waals surface area contributed by atoms with Crippen molar-refractivity contribution in [1.82, 2.24) is 14.3 Å². The Kier molecular flexibility index (Phi) is 5.63. The number of nitrogens with zero attached hydrogens (tertiary/aromatic N) is 1. The van der Waals surface area contributed by atoms with Crippen molar-refractivity contribution in [2.75, 3.05) is 46.4 Å². The molecule has 1 unspecified atom stereocenters. The minimum absolute atomic E-state index is 0.183. The molecule has 0 aliphatic carbocycles. The number of nitrogens with one attached hydrogen (secondary N) is 2. The lowest BCUT2D eigenvalue weighted by molar-refractivity contribution is 0.161. The van der Waals surface area contributed by atoms with Crippen LogP contribution in [0.3, 0.4) is 0 Å². The monoisotopic (exact) mass is 251 g/mol. The quantitative estimate of drug-likeness (QED) is 0.636. The highest BCUT2D eigenvalue weighted by Crippen LogP contribution is 2.01. The Balaban J connectivity index is 2.38. The van der Waals surface area contributed by atoms with Crippen molar-refractivity contribution in [2.24, 2.45) is 5.92 Å². The molecule has 0 amide bonds. The van der Waals surface area contributed by atoms with Crippen LogP contribution in [-0.4, -0.2) is 59.2 Å². The standard InChI is InChI=1S/C9H21N3O3S/c1-9(8-15-2)7-11-16(13,14)12-5-3-10-4-6-12/h9-11H,3-8H2,1-2H3. The second-order valence-corrected chi connectivity index (χ2v) is 5.82. The smallest absolute Gasteiger partial charge is 0.279 e. The fourth-order valence-corrected chi connectivity index (χ4v) is 2.91. The van der Waals surface area contributed by atoms with Crippen LogP contribution in [0.5, 0.6) is 0 Å². The first-order chi connectivity index (χ1) is 7.56. The van der Waals surface area contributed by atoms with Crippen molar-refractivity contribution in [3.63, 3.8) is 0 Å². The molecule has 6 nitrogen and oxygen atoms in total. The molecule has 0 spiro atoms. The fraction of sp³-hybridized carbons (Fsp3) is 1.00. The van der Waals surface area contributed by atoms with Gasteiger partial charge in [0.1, 0.15) is 0 Å². The van der Waals surface area contributed by atoms with Crippen LogP contribution in [0.15, 0.2) is 0 Å². The molecule has 0 aromatic carbocycles. The van der Waals surface area contributed by atoms with Crippen molar-refractivity contribution < 1.29 is 13.2 Å². The van der Waals surface area contributed by atoms with Crippen LogP contribution in [0, 0.1) is 5.92 Å². The molecule has 0 saturated carbocycles. The maximum atomic E-state index is 11.8. The highest BCUT2D eigenvalue weighted by molar-refractivity contribution is 7.87. The first kappa shape index (κ1) is 13.9. The van der Waals surface area contributed by atoms with E-state index in [4.69, 9.17) is 4.74 Å². The number of ether oxygens (including phenoxy) is 1. The van der Waals surface area contributed by atoms with Crippen LogP contribution in [-0.2, 0) is 14.9 Å². The number of hydrogen-bond acceptors (Lipinski definition) is 4. The van der Waals surface area contributed by atoms with Gasteiger partial charge >= 0.3 is 0 Å². The molecule has 1 saturated heterocycles. The van der Waals surface area contributed by atoms with Crippen molar-refractivity contribution in [3.8, 4) is 0 Å². The van der Waals surface area contributed by atoms with Gasteiger partial charge in [-0.25, -0.2) is 4.72 Å². The van der Waals surface area contributed by atoms with Crippen LogP contribution in [0.25, 0.3) is 0 Å². The Morgan fingerprint density at radius 2 is 2.06 bits per heavy atom.